The number of likely N-dealkylation sites (N-methyl/N-ethyl adjacent to an activating group) is 1. The number of nitrogens with zero attached hydrogens (tertiary/aromatic N) is 1. The molecule has 1 N–H and O–H groups in total. The van der Waals surface area contributed by atoms with Crippen molar-refractivity contribution in [3.8, 4) is 5.75 Å². The van der Waals surface area contributed by atoms with Crippen LogP contribution in [0.5, 0.6) is 5.75 Å². The van der Waals surface area contributed by atoms with Crippen molar-refractivity contribution in [2.24, 2.45) is 0 Å². The van der Waals surface area contributed by atoms with E-state index < -0.39 is 6.10 Å². The summed E-state index contributed by atoms with van der Waals surface area (Å²) < 4.78 is 11.0. The average molecular weight is 329 g/mol. The molecule has 4 nitrogen and oxygen atoms in total. The molecule has 0 heterocycles. The van der Waals surface area contributed by atoms with Crippen molar-refractivity contribution in [1.29, 1.82) is 0 Å². The van der Waals surface area contributed by atoms with Gasteiger partial charge in [-0.2, -0.15) is 0 Å². The van der Waals surface area contributed by atoms with Gasteiger partial charge < -0.3 is 19.5 Å². The highest BCUT2D eigenvalue weighted by atomic mass is 16.5. The van der Waals surface area contributed by atoms with Crippen molar-refractivity contribution in [1.82, 2.24) is 0 Å². The molecule has 0 fully saturated rings. The first-order valence-electron chi connectivity index (χ1n) is 8.17. The SMILES string of the molecule is COc1ccccc1COC[C@H](O)CN(C)c1ccc(C)cc1C. The highest BCUT2D eigenvalue weighted by Gasteiger charge is 2.12. The predicted octanol–water partition coefficient (Wildman–Crippen LogP) is 3.33. The summed E-state index contributed by atoms with van der Waals surface area (Å²) in [7, 11) is 3.63. The Kier molecular flexibility index (Phi) is 6.64. The van der Waals surface area contributed by atoms with Gasteiger partial charge in [0.1, 0.15) is 5.75 Å². The van der Waals surface area contributed by atoms with Crippen LogP contribution in [0, 0.1) is 13.8 Å². The third-order valence-electron chi connectivity index (χ3n) is 4.01. The molecule has 0 saturated carbocycles. The Bertz CT molecular complexity index is 657. The Labute approximate surface area is 144 Å². The molecule has 2 aromatic carbocycles. The number of methoxy groups -OCH3 is 1. The van der Waals surface area contributed by atoms with E-state index in [1.54, 1.807) is 7.11 Å². The Morgan fingerprint density at radius 2 is 1.88 bits per heavy atom. The lowest BCUT2D eigenvalue weighted by molar-refractivity contribution is 0.0317. The predicted molar refractivity (Wildman–Crippen MR) is 97.8 cm³/mol. The molecule has 0 amide bonds. The minimum atomic E-state index is -0.551. The highest BCUT2D eigenvalue weighted by Crippen LogP contribution is 2.20. The van der Waals surface area contributed by atoms with Gasteiger partial charge in [0, 0.05) is 24.8 Å². The molecule has 24 heavy (non-hydrogen) atoms. The van der Waals surface area contributed by atoms with Gasteiger partial charge in [-0.3, -0.25) is 0 Å². The van der Waals surface area contributed by atoms with Gasteiger partial charge in [0.2, 0.25) is 0 Å². The number of benzene rings is 2. The molecule has 1 atom stereocenters. The van der Waals surface area contributed by atoms with Crippen LogP contribution in [0.2, 0.25) is 0 Å². The summed E-state index contributed by atoms with van der Waals surface area (Å²) in [6, 6.07) is 14.1. The normalized spacial score (nSPS) is 12.0. The summed E-state index contributed by atoms with van der Waals surface area (Å²) in [5.41, 5.74) is 4.56. The largest absolute Gasteiger partial charge is 0.496 e. The number of hydrogen-bond donors (Lipinski definition) is 1. The summed E-state index contributed by atoms with van der Waals surface area (Å²) in [5, 5.41) is 10.2. The maximum Gasteiger partial charge on any atom is 0.124 e. The number of rotatable bonds is 8. The van der Waals surface area contributed by atoms with Crippen LogP contribution < -0.4 is 9.64 Å². The molecular formula is C20H27NO3. The third kappa shape index (κ3) is 4.98. The average Bonchev–Trinajstić information content (AvgIpc) is 2.55. The zero-order valence-corrected chi connectivity index (χ0v) is 15.0. The molecule has 4 heteroatoms. The molecule has 0 saturated heterocycles. The van der Waals surface area contributed by atoms with E-state index in [0.29, 0.717) is 13.2 Å². The molecular weight excluding hydrogens is 302 g/mol. The smallest absolute Gasteiger partial charge is 0.124 e. The van der Waals surface area contributed by atoms with Gasteiger partial charge in [0.15, 0.2) is 0 Å². The minimum absolute atomic E-state index is 0.285. The fourth-order valence-electron chi connectivity index (χ4n) is 2.83. The van der Waals surface area contributed by atoms with Crippen molar-refractivity contribution in [3.63, 3.8) is 0 Å². The zero-order chi connectivity index (χ0) is 17.5. The van der Waals surface area contributed by atoms with E-state index in [9.17, 15) is 5.11 Å². The first-order chi connectivity index (χ1) is 11.5. The Morgan fingerprint density at radius 1 is 1.12 bits per heavy atom. The summed E-state index contributed by atoms with van der Waals surface area (Å²) in [6.45, 7) is 5.40. The van der Waals surface area contributed by atoms with Gasteiger partial charge in [-0.25, -0.2) is 0 Å². The number of aryl methyl sites for hydroxylation is 2. The molecule has 2 rings (SSSR count). The molecule has 0 aliphatic carbocycles. The van der Waals surface area contributed by atoms with Crippen LogP contribution in [-0.2, 0) is 11.3 Å². The monoisotopic (exact) mass is 329 g/mol. The van der Waals surface area contributed by atoms with Crippen LogP contribution in [-0.4, -0.2) is 38.5 Å². The Morgan fingerprint density at radius 3 is 2.58 bits per heavy atom. The molecule has 0 radical (unpaired) electrons. The fourth-order valence-corrected chi connectivity index (χ4v) is 2.83. The van der Waals surface area contributed by atoms with Gasteiger partial charge in [-0.15, -0.1) is 0 Å². The van der Waals surface area contributed by atoms with Gasteiger partial charge in [-0.05, 0) is 31.5 Å². The van der Waals surface area contributed by atoms with E-state index in [-0.39, 0.29) is 6.61 Å². The van der Waals surface area contributed by atoms with Crippen molar-refractivity contribution in [2.45, 2.75) is 26.6 Å². The van der Waals surface area contributed by atoms with Crippen molar-refractivity contribution in [3.05, 3.63) is 59.2 Å². The van der Waals surface area contributed by atoms with Crippen LogP contribution in [0.15, 0.2) is 42.5 Å². The molecule has 0 bridgehead atoms. The van der Waals surface area contributed by atoms with Gasteiger partial charge in [0.25, 0.3) is 0 Å². The summed E-state index contributed by atoms with van der Waals surface area (Å²) >= 11 is 0. The number of aliphatic hydroxyl groups excluding tert-OH is 1. The van der Waals surface area contributed by atoms with Crippen LogP contribution >= 0.6 is 0 Å². The topological polar surface area (TPSA) is 41.9 Å². The molecule has 0 spiro atoms. The van der Waals surface area contributed by atoms with Gasteiger partial charge >= 0.3 is 0 Å². The van der Waals surface area contributed by atoms with Gasteiger partial charge in [0.05, 0.1) is 26.4 Å². The molecule has 0 aliphatic heterocycles. The van der Waals surface area contributed by atoms with Crippen LogP contribution in [0.4, 0.5) is 5.69 Å². The quantitative estimate of drug-likeness (QED) is 0.807. The maximum absolute atomic E-state index is 10.2. The lowest BCUT2D eigenvalue weighted by Crippen LogP contribution is -2.32. The number of aliphatic hydroxyl groups is 1. The van der Waals surface area contributed by atoms with E-state index in [0.717, 1.165) is 17.0 Å². The maximum atomic E-state index is 10.2. The van der Waals surface area contributed by atoms with E-state index in [1.807, 2.05) is 31.3 Å². The number of ether oxygens (including phenoxy) is 2. The number of anilines is 1. The van der Waals surface area contributed by atoms with Crippen molar-refractivity contribution in [2.75, 3.05) is 32.2 Å². The number of hydrogen-bond acceptors (Lipinski definition) is 4. The van der Waals surface area contributed by atoms with Crippen molar-refractivity contribution >= 4 is 5.69 Å². The second kappa shape index (κ2) is 8.71. The third-order valence-corrected chi connectivity index (χ3v) is 4.01. The first kappa shape index (κ1) is 18.3. The lowest BCUT2D eigenvalue weighted by atomic mass is 10.1. The fraction of sp³-hybridized carbons (Fsp3) is 0.400. The Hall–Kier alpha value is -2.04. The zero-order valence-electron chi connectivity index (χ0n) is 15.0. The van der Waals surface area contributed by atoms with Crippen LogP contribution in [0.25, 0.3) is 0 Å². The summed E-state index contributed by atoms with van der Waals surface area (Å²) in [5.74, 6) is 0.805. The number of para-hydroxylation sites is 1. The highest BCUT2D eigenvalue weighted by molar-refractivity contribution is 5.53. The van der Waals surface area contributed by atoms with E-state index in [2.05, 4.69) is 36.9 Å². The molecule has 0 unspecified atom stereocenters. The second-order valence-electron chi connectivity index (χ2n) is 6.15. The molecule has 0 aliphatic rings. The minimum Gasteiger partial charge on any atom is -0.496 e. The van der Waals surface area contributed by atoms with Gasteiger partial charge in [-0.1, -0.05) is 35.9 Å². The lowest BCUT2D eigenvalue weighted by Gasteiger charge is -2.24. The van der Waals surface area contributed by atoms with E-state index >= 15 is 0 Å². The molecule has 130 valence electrons. The summed E-state index contributed by atoms with van der Waals surface area (Å²) in [6.07, 6.45) is -0.551. The van der Waals surface area contributed by atoms with Crippen LogP contribution in [0.3, 0.4) is 0 Å². The summed E-state index contributed by atoms with van der Waals surface area (Å²) in [4.78, 5) is 2.06. The molecule has 0 aromatic heterocycles. The first-order valence-corrected chi connectivity index (χ1v) is 8.17. The van der Waals surface area contributed by atoms with Crippen LogP contribution in [0.1, 0.15) is 16.7 Å². The Balaban J connectivity index is 1.83. The second-order valence-corrected chi connectivity index (χ2v) is 6.15. The molecule has 2 aromatic rings. The standard InChI is InChI=1S/C20H27NO3/c1-15-9-10-19(16(2)11-15)21(3)12-18(22)14-24-13-17-7-5-6-8-20(17)23-4/h5-11,18,22H,12-14H2,1-4H3/t18-/m1/s1. The van der Waals surface area contributed by atoms with Crippen molar-refractivity contribution < 1.29 is 14.6 Å². The van der Waals surface area contributed by atoms with E-state index in [4.69, 9.17) is 9.47 Å². The van der Waals surface area contributed by atoms with E-state index in [1.165, 1.54) is 11.1 Å².